The van der Waals surface area contributed by atoms with Crippen LogP contribution in [0.15, 0.2) is 55.0 Å². The van der Waals surface area contributed by atoms with Crippen molar-refractivity contribution in [3.63, 3.8) is 0 Å². The van der Waals surface area contributed by atoms with Crippen molar-refractivity contribution in [2.75, 3.05) is 12.8 Å². The van der Waals surface area contributed by atoms with Crippen molar-refractivity contribution < 1.29 is 22.8 Å². The van der Waals surface area contributed by atoms with Gasteiger partial charge < -0.3 is 5.73 Å². The quantitative estimate of drug-likeness (QED) is 0.338. The molecule has 0 unspecified atom stereocenters. The normalized spacial score (nSPS) is 11.5. The van der Waals surface area contributed by atoms with Gasteiger partial charge in [-0.15, -0.1) is 0 Å². The van der Waals surface area contributed by atoms with Gasteiger partial charge in [0.2, 0.25) is 5.91 Å². The molecule has 5 aromatic rings. The molecule has 0 bridgehead atoms. The molecule has 200 valence electrons. The number of hydrazine groups is 1. The van der Waals surface area contributed by atoms with Crippen LogP contribution in [0.3, 0.4) is 0 Å². The van der Waals surface area contributed by atoms with E-state index >= 15 is 4.39 Å². The number of nitrogens with zero attached hydrogens (tertiary/aromatic N) is 7. The smallest absolute Gasteiger partial charge is 0.333 e. The lowest BCUT2D eigenvalue weighted by molar-refractivity contribution is -0.140. The van der Waals surface area contributed by atoms with Gasteiger partial charge in [-0.3, -0.25) is 19.3 Å². The Hall–Kier alpha value is -4.94. The van der Waals surface area contributed by atoms with E-state index in [0.717, 1.165) is 16.2 Å². The van der Waals surface area contributed by atoms with Gasteiger partial charge in [0.05, 0.1) is 35.4 Å². The van der Waals surface area contributed by atoms with Gasteiger partial charge in [-0.05, 0) is 29.8 Å². The van der Waals surface area contributed by atoms with E-state index in [-0.39, 0.29) is 17.7 Å². The fourth-order valence-electron chi connectivity index (χ4n) is 4.33. The van der Waals surface area contributed by atoms with Crippen molar-refractivity contribution in [1.82, 2.24) is 34.6 Å². The molecule has 39 heavy (non-hydrogen) atoms. The summed E-state index contributed by atoms with van der Waals surface area (Å²) < 4.78 is 43.0. The van der Waals surface area contributed by atoms with Gasteiger partial charge in [-0.25, -0.2) is 19.1 Å². The SMILES string of the molecule is CC(=O)N(C)N(Cc1ccc(-c2cnn(C(F)F)c2)cc1F)C(=O)c1ccc2nc(N)c3cnn(C)c3c2c1. The Bertz CT molecular complexity index is 1750. The van der Waals surface area contributed by atoms with Crippen LogP contribution in [0, 0.1) is 5.82 Å². The molecule has 3 heterocycles. The van der Waals surface area contributed by atoms with Gasteiger partial charge in [0.25, 0.3) is 5.91 Å². The molecular formula is C26H23F3N8O2. The molecule has 0 aliphatic heterocycles. The first kappa shape index (κ1) is 25.7. The number of amides is 2. The minimum Gasteiger partial charge on any atom is -0.383 e. The zero-order chi connectivity index (χ0) is 28.0. The van der Waals surface area contributed by atoms with Gasteiger partial charge in [0.15, 0.2) is 0 Å². The molecule has 2 N–H and O–H groups in total. The predicted molar refractivity (Wildman–Crippen MR) is 138 cm³/mol. The number of hydrogen-bond donors (Lipinski definition) is 1. The zero-order valence-corrected chi connectivity index (χ0v) is 21.1. The molecule has 0 fully saturated rings. The van der Waals surface area contributed by atoms with Gasteiger partial charge >= 0.3 is 6.55 Å². The van der Waals surface area contributed by atoms with Crippen LogP contribution >= 0.6 is 0 Å². The lowest BCUT2D eigenvalue weighted by Crippen LogP contribution is -2.46. The number of benzene rings is 2. The summed E-state index contributed by atoms with van der Waals surface area (Å²) in [5.74, 6) is -1.36. The number of carbonyl (C=O) groups is 2. The first-order chi connectivity index (χ1) is 18.5. The van der Waals surface area contributed by atoms with E-state index in [1.807, 2.05) is 0 Å². The maximum absolute atomic E-state index is 15.2. The number of rotatable bonds is 5. The minimum absolute atomic E-state index is 0.116. The second kappa shape index (κ2) is 9.74. The maximum Gasteiger partial charge on any atom is 0.333 e. The van der Waals surface area contributed by atoms with Crippen molar-refractivity contribution >= 4 is 39.4 Å². The zero-order valence-electron chi connectivity index (χ0n) is 21.1. The van der Waals surface area contributed by atoms with E-state index in [1.54, 1.807) is 36.1 Å². The number of aromatic nitrogens is 5. The van der Waals surface area contributed by atoms with E-state index < -0.39 is 24.2 Å². The van der Waals surface area contributed by atoms with Gasteiger partial charge in [0.1, 0.15) is 11.6 Å². The lowest BCUT2D eigenvalue weighted by Gasteiger charge is -2.31. The Labute approximate surface area is 220 Å². The molecule has 0 saturated carbocycles. The third kappa shape index (κ3) is 4.62. The molecule has 10 nitrogen and oxygen atoms in total. The topological polar surface area (TPSA) is 115 Å². The van der Waals surface area contributed by atoms with Crippen LogP contribution in [0.1, 0.15) is 29.4 Å². The third-order valence-corrected chi connectivity index (χ3v) is 6.51. The predicted octanol–water partition coefficient (Wildman–Crippen LogP) is 4.14. The van der Waals surface area contributed by atoms with Crippen molar-refractivity contribution in [3.05, 3.63) is 71.9 Å². The van der Waals surface area contributed by atoms with Crippen molar-refractivity contribution in [2.45, 2.75) is 20.0 Å². The highest BCUT2D eigenvalue weighted by Crippen LogP contribution is 2.29. The number of nitrogen functional groups attached to an aromatic ring is 1. The Morgan fingerprint density at radius 1 is 1.05 bits per heavy atom. The van der Waals surface area contributed by atoms with E-state index in [2.05, 4.69) is 15.2 Å². The number of anilines is 1. The van der Waals surface area contributed by atoms with E-state index in [1.165, 1.54) is 38.4 Å². The number of alkyl halides is 2. The van der Waals surface area contributed by atoms with Crippen LogP contribution in [0.2, 0.25) is 0 Å². The van der Waals surface area contributed by atoms with Crippen LogP contribution in [0.25, 0.3) is 32.9 Å². The molecule has 0 aliphatic carbocycles. The number of pyridine rings is 1. The van der Waals surface area contributed by atoms with Crippen LogP contribution in [-0.2, 0) is 18.4 Å². The highest BCUT2D eigenvalue weighted by molar-refractivity contribution is 6.10. The molecule has 2 amide bonds. The van der Waals surface area contributed by atoms with Gasteiger partial charge in [-0.1, -0.05) is 12.1 Å². The summed E-state index contributed by atoms with van der Waals surface area (Å²) in [6, 6.07) is 8.98. The minimum atomic E-state index is -2.82. The number of halogens is 3. The summed E-state index contributed by atoms with van der Waals surface area (Å²) in [6.45, 7) is -1.80. The molecule has 0 spiro atoms. The molecule has 0 aliphatic rings. The Morgan fingerprint density at radius 2 is 1.82 bits per heavy atom. The van der Waals surface area contributed by atoms with Crippen molar-refractivity contribution in [2.24, 2.45) is 7.05 Å². The van der Waals surface area contributed by atoms with Crippen LogP contribution in [0.4, 0.5) is 19.0 Å². The van der Waals surface area contributed by atoms with Crippen LogP contribution in [0.5, 0.6) is 0 Å². The monoisotopic (exact) mass is 536 g/mol. The molecule has 3 aromatic heterocycles. The van der Waals surface area contributed by atoms with Gasteiger partial charge in [-0.2, -0.15) is 19.0 Å². The molecule has 0 atom stereocenters. The van der Waals surface area contributed by atoms with Crippen molar-refractivity contribution in [3.8, 4) is 11.1 Å². The largest absolute Gasteiger partial charge is 0.383 e. The molecular weight excluding hydrogens is 513 g/mol. The summed E-state index contributed by atoms with van der Waals surface area (Å²) >= 11 is 0. The molecule has 2 aromatic carbocycles. The van der Waals surface area contributed by atoms with E-state index in [0.29, 0.717) is 43.4 Å². The summed E-state index contributed by atoms with van der Waals surface area (Å²) in [6.07, 6.45) is 3.91. The number of fused-ring (bicyclic) bond motifs is 3. The maximum atomic E-state index is 15.2. The lowest BCUT2D eigenvalue weighted by atomic mass is 10.1. The number of aryl methyl sites for hydroxylation is 1. The van der Waals surface area contributed by atoms with E-state index in [9.17, 15) is 18.4 Å². The summed E-state index contributed by atoms with van der Waals surface area (Å²) in [4.78, 5) is 30.3. The van der Waals surface area contributed by atoms with E-state index in [4.69, 9.17) is 5.73 Å². The van der Waals surface area contributed by atoms with Crippen LogP contribution in [-0.4, -0.2) is 53.4 Å². The standard InChI is InChI=1S/C26H23F3N8O2/c1-14(38)35(3)37(13-17-5-4-15(9-21(17)27)18-10-32-36(12-18)26(28)29)25(39)16-6-7-22-19(8-16)23-20(24(30)33-22)11-31-34(23)2/h4-12,26H,13H2,1-3H3,(H2,30,33). The number of carbonyl (C=O) groups excluding carboxylic acids is 2. The Kier molecular flexibility index (Phi) is 6.42. The number of hydrogen-bond acceptors (Lipinski definition) is 6. The van der Waals surface area contributed by atoms with Crippen LogP contribution < -0.4 is 5.73 Å². The summed E-state index contributed by atoms with van der Waals surface area (Å²) in [7, 11) is 3.16. The summed E-state index contributed by atoms with van der Waals surface area (Å²) in [5, 5.41) is 11.3. The molecule has 5 rings (SSSR count). The second-order valence-corrected chi connectivity index (χ2v) is 8.96. The highest BCUT2D eigenvalue weighted by Gasteiger charge is 2.25. The molecule has 0 saturated heterocycles. The molecule has 0 radical (unpaired) electrons. The fraction of sp³-hybridized carbons (Fsp3) is 0.192. The first-order valence-electron chi connectivity index (χ1n) is 11.7. The number of nitrogens with two attached hydrogens (primary N) is 1. The first-order valence-corrected chi connectivity index (χ1v) is 11.7. The van der Waals surface area contributed by atoms with Gasteiger partial charge in [0, 0.05) is 49.3 Å². The Morgan fingerprint density at radius 3 is 2.49 bits per heavy atom. The second-order valence-electron chi connectivity index (χ2n) is 8.96. The Balaban J connectivity index is 1.50. The third-order valence-electron chi connectivity index (χ3n) is 6.51. The summed E-state index contributed by atoms with van der Waals surface area (Å²) in [5.41, 5.74) is 8.30. The highest BCUT2D eigenvalue weighted by atomic mass is 19.3. The average molecular weight is 537 g/mol. The fourth-order valence-corrected chi connectivity index (χ4v) is 4.33. The van der Waals surface area contributed by atoms with Crippen molar-refractivity contribution in [1.29, 1.82) is 0 Å². The molecule has 13 heteroatoms. The average Bonchev–Trinajstić information content (AvgIpc) is 3.55.